The maximum absolute atomic E-state index is 12.2. The molecule has 1 N–H and O–H groups in total. The zero-order valence-corrected chi connectivity index (χ0v) is 15.5. The minimum absolute atomic E-state index is 0.194. The monoisotopic (exact) mass is 362 g/mol. The number of carbonyl (C=O) groups excluding carboxylic acids is 1. The predicted molar refractivity (Wildman–Crippen MR) is 98.1 cm³/mol. The van der Waals surface area contributed by atoms with Gasteiger partial charge in [0, 0.05) is 23.8 Å². The molecule has 5 nitrogen and oxygen atoms in total. The minimum atomic E-state index is -0.213. The zero-order chi connectivity index (χ0) is 18.3. The van der Waals surface area contributed by atoms with Gasteiger partial charge in [-0.15, -0.1) is 0 Å². The predicted octanol–water partition coefficient (Wildman–Crippen LogP) is 3.86. The van der Waals surface area contributed by atoms with Gasteiger partial charge in [-0.25, -0.2) is 4.98 Å². The Morgan fingerprint density at radius 1 is 1.16 bits per heavy atom. The lowest BCUT2D eigenvalue weighted by atomic mass is 10.2. The number of ether oxygens (including phenoxy) is 2. The third-order valence-corrected chi connectivity index (χ3v) is 3.63. The van der Waals surface area contributed by atoms with Crippen LogP contribution in [0.2, 0.25) is 5.02 Å². The van der Waals surface area contributed by atoms with Crippen LogP contribution < -0.4 is 10.1 Å². The third-order valence-electron chi connectivity index (χ3n) is 3.26. The van der Waals surface area contributed by atoms with Gasteiger partial charge in [-0.3, -0.25) is 4.79 Å². The number of nitrogens with zero attached hydrogens (tertiary/aromatic N) is 1. The van der Waals surface area contributed by atoms with Crippen LogP contribution >= 0.6 is 11.6 Å². The lowest BCUT2D eigenvalue weighted by Crippen LogP contribution is -2.23. The molecule has 1 amide bonds. The van der Waals surface area contributed by atoms with Crippen LogP contribution in [0.15, 0.2) is 42.6 Å². The van der Waals surface area contributed by atoms with Crippen molar-refractivity contribution in [3.05, 3.63) is 58.7 Å². The van der Waals surface area contributed by atoms with E-state index in [9.17, 15) is 4.79 Å². The van der Waals surface area contributed by atoms with Crippen molar-refractivity contribution in [3.8, 4) is 5.88 Å². The van der Waals surface area contributed by atoms with Crippen LogP contribution in [0.25, 0.3) is 0 Å². The molecule has 0 saturated carbocycles. The quantitative estimate of drug-likeness (QED) is 0.760. The van der Waals surface area contributed by atoms with E-state index >= 15 is 0 Å². The highest BCUT2D eigenvalue weighted by Crippen LogP contribution is 2.15. The SMILES string of the molecule is CC(C)(C)OCCOc1ccc(C(=O)NCc2ccccc2Cl)cn1. The molecule has 1 aromatic heterocycles. The van der Waals surface area contributed by atoms with Crippen molar-refractivity contribution in [1.29, 1.82) is 0 Å². The number of halogens is 1. The molecule has 0 aliphatic rings. The van der Waals surface area contributed by atoms with Crippen LogP contribution in [0, 0.1) is 0 Å². The molecule has 1 heterocycles. The first kappa shape index (κ1) is 19.2. The first-order valence-electron chi connectivity index (χ1n) is 8.09. The number of amides is 1. The standard InChI is InChI=1S/C19H23ClN2O3/c1-19(2,3)25-11-10-24-17-9-8-15(13-21-17)18(23)22-12-14-6-4-5-7-16(14)20/h4-9,13H,10-12H2,1-3H3,(H,22,23). The summed E-state index contributed by atoms with van der Waals surface area (Å²) in [5.74, 6) is 0.246. The van der Waals surface area contributed by atoms with Gasteiger partial charge >= 0.3 is 0 Å². The molecule has 0 atom stereocenters. The maximum Gasteiger partial charge on any atom is 0.253 e. The van der Waals surface area contributed by atoms with Crippen molar-refractivity contribution in [2.24, 2.45) is 0 Å². The van der Waals surface area contributed by atoms with Gasteiger partial charge in [-0.2, -0.15) is 0 Å². The number of carbonyl (C=O) groups is 1. The van der Waals surface area contributed by atoms with Crippen molar-refractivity contribution in [3.63, 3.8) is 0 Å². The molecule has 0 saturated heterocycles. The number of benzene rings is 1. The Hall–Kier alpha value is -2.11. The number of hydrogen-bond donors (Lipinski definition) is 1. The van der Waals surface area contributed by atoms with E-state index in [-0.39, 0.29) is 11.5 Å². The lowest BCUT2D eigenvalue weighted by molar-refractivity contribution is -0.0168. The summed E-state index contributed by atoms with van der Waals surface area (Å²) in [6.45, 7) is 7.21. The third kappa shape index (κ3) is 6.72. The van der Waals surface area contributed by atoms with E-state index in [1.807, 2.05) is 39.0 Å². The Morgan fingerprint density at radius 2 is 1.92 bits per heavy atom. The first-order chi connectivity index (χ1) is 11.8. The number of aromatic nitrogens is 1. The number of rotatable bonds is 7. The summed E-state index contributed by atoms with van der Waals surface area (Å²) < 4.78 is 11.1. The summed E-state index contributed by atoms with van der Waals surface area (Å²) in [5.41, 5.74) is 1.13. The van der Waals surface area contributed by atoms with Gasteiger partial charge in [0.25, 0.3) is 5.91 Å². The van der Waals surface area contributed by atoms with E-state index in [4.69, 9.17) is 21.1 Å². The molecule has 0 radical (unpaired) electrons. The largest absolute Gasteiger partial charge is 0.475 e. The number of pyridine rings is 1. The van der Waals surface area contributed by atoms with Crippen molar-refractivity contribution in [2.75, 3.05) is 13.2 Å². The summed E-state index contributed by atoms with van der Waals surface area (Å²) in [6.07, 6.45) is 1.49. The fourth-order valence-corrected chi connectivity index (χ4v) is 2.22. The molecule has 1 aromatic carbocycles. The summed E-state index contributed by atoms with van der Waals surface area (Å²) >= 11 is 6.07. The van der Waals surface area contributed by atoms with E-state index in [0.29, 0.717) is 36.2 Å². The average Bonchev–Trinajstić information content (AvgIpc) is 2.57. The molecule has 2 rings (SSSR count). The molecule has 0 unspecified atom stereocenters. The van der Waals surface area contributed by atoms with E-state index in [1.165, 1.54) is 6.20 Å². The van der Waals surface area contributed by atoms with Crippen LogP contribution in [0.1, 0.15) is 36.7 Å². The molecule has 134 valence electrons. The Labute approximate surface area is 153 Å². The molecule has 0 spiro atoms. The van der Waals surface area contributed by atoms with Gasteiger partial charge in [0.2, 0.25) is 5.88 Å². The van der Waals surface area contributed by atoms with Gasteiger partial charge in [0.15, 0.2) is 0 Å². The topological polar surface area (TPSA) is 60.5 Å². The maximum atomic E-state index is 12.2. The van der Waals surface area contributed by atoms with Gasteiger partial charge in [-0.05, 0) is 38.5 Å². The van der Waals surface area contributed by atoms with Crippen LogP contribution in [0.4, 0.5) is 0 Å². The lowest BCUT2D eigenvalue weighted by Gasteiger charge is -2.19. The van der Waals surface area contributed by atoms with Gasteiger partial charge in [0.05, 0.1) is 17.8 Å². The molecule has 0 aliphatic carbocycles. The van der Waals surface area contributed by atoms with Gasteiger partial charge in [0.1, 0.15) is 6.61 Å². The zero-order valence-electron chi connectivity index (χ0n) is 14.7. The molecule has 25 heavy (non-hydrogen) atoms. The van der Waals surface area contributed by atoms with Crippen LogP contribution in [0.5, 0.6) is 5.88 Å². The van der Waals surface area contributed by atoms with Crippen molar-refractivity contribution >= 4 is 17.5 Å². The Bertz CT molecular complexity index is 697. The second kappa shape index (κ2) is 8.83. The van der Waals surface area contributed by atoms with Gasteiger partial charge < -0.3 is 14.8 Å². The number of nitrogens with one attached hydrogen (secondary N) is 1. The van der Waals surface area contributed by atoms with Crippen molar-refractivity contribution in [1.82, 2.24) is 10.3 Å². The van der Waals surface area contributed by atoms with Crippen LogP contribution in [-0.4, -0.2) is 29.7 Å². The molecule has 2 aromatic rings. The summed E-state index contributed by atoms with van der Waals surface area (Å²) in [5, 5.41) is 3.45. The molecule has 0 aliphatic heterocycles. The van der Waals surface area contributed by atoms with E-state index < -0.39 is 0 Å². The minimum Gasteiger partial charge on any atom is -0.475 e. The Kier molecular flexibility index (Phi) is 6.79. The fraction of sp³-hybridized carbons (Fsp3) is 0.368. The van der Waals surface area contributed by atoms with Crippen molar-refractivity contribution < 1.29 is 14.3 Å². The fourth-order valence-electron chi connectivity index (χ4n) is 2.01. The van der Waals surface area contributed by atoms with Crippen molar-refractivity contribution in [2.45, 2.75) is 32.9 Å². The van der Waals surface area contributed by atoms with Gasteiger partial charge in [-0.1, -0.05) is 29.8 Å². The van der Waals surface area contributed by atoms with E-state index in [1.54, 1.807) is 18.2 Å². The second-order valence-electron chi connectivity index (χ2n) is 6.47. The Morgan fingerprint density at radius 3 is 2.56 bits per heavy atom. The molecular formula is C19H23ClN2O3. The van der Waals surface area contributed by atoms with Crippen LogP contribution in [0.3, 0.4) is 0 Å². The van der Waals surface area contributed by atoms with Crippen LogP contribution in [-0.2, 0) is 11.3 Å². The van der Waals surface area contributed by atoms with E-state index in [2.05, 4.69) is 10.3 Å². The smallest absolute Gasteiger partial charge is 0.253 e. The Balaban J connectivity index is 1.80. The summed E-state index contributed by atoms with van der Waals surface area (Å²) in [6, 6.07) is 10.7. The number of hydrogen-bond acceptors (Lipinski definition) is 4. The highest BCUT2D eigenvalue weighted by molar-refractivity contribution is 6.31. The molecular weight excluding hydrogens is 340 g/mol. The summed E-state index contributed by atoms with van der Waals surface area (Å²) in [7, 11) is 0. The van der Waals surface area contributed by atoms with E-state index in [0.717, 1.165) is 5.56 Å². The highest BCUT2D eigenvalue weighted by Gasteiger charge is 2.10. The molecule has 0 fully saturated rings. The molecule has 0 bridgehead atoms. The molecule has 6 heteroatoms. The first-order valence-corrected chi connectivity index (χ1v) is 8.47. The highest BCUT2D eigenvalue weighted by atomic mass is 35.5. The second-order valence-corrected chi connectivity index (χ2v) is 6.88. The summed E-state index contributed by atoms with van der Waals surface area (Å²) in [4.78, 5) is 16.3. The normalized spacial score (nSPS) is 11.2. The average molecular weight is 363 g/mol.